The molecule has 3 aromatic rings. The van der Waals surface area contributed by atoms with Gasteiger partial charge in [0.25, 0.3) is 5.91 Å². The molecule has 2 amide bonds. The van der Waals surface area contributed by atoms with Crippen LogP contribution in [0.2, 0.25) is 5.02 Å². The quantitative estimate of drug-likeness (QED) is 0.373. The maximum absolute atomic E-state index is 13.1. The van der Waals surface area contributed by atoms with Crippen molar-refractivity contribution < 1.29 is 9.59 Å². The molecule has 0 bridgehead atoms. The molecule has 1 saturated heterocycles. The molecule has 1 fully saturated rings. The Morgan fingerprint density at radius 1 is 1.00 bits per heavy atom. The maximum Gasteiger partial charge on any atom is 0.258 e. The smallest absolute Gasteiger partial charge is 0.258 e. The topological polar surface area (TPSA) is 93.9 Å². The van der Waals surface area contributed by atoms with Crippen LogP contribution in [0.1, 0.15) is 11.1 Å². The van der Waals surface area contributed by atoms with Crippen molar-refractivity contribution in [3.8, 4) is 0 Å². The summed E-state index contributed by atoms with van der Waals surface area (Å²) in [6.45, 7) is 5.54. The molecule has 3 aromatic carbocycles. The van der Waals surface area contributed by atoms with Crippen LogP contribution in [-0.4, -0.2) is 74.5 Å². The number of anilines is 3. The third-order valence-corrected chi connectivity index (χ3v) is 7.44. The van der Waals surface area contributed by atoms with Crippen LogP contribution in [0, 0.1) is 0 Å². The summed E-state index contributed by atoms with van der Waals surface area (Å²) in [7, 11) is 1.80. The van der Waals surface area contributed by atoms with Gasteiger partial charge in [-0.3, -0.25) is 19.4 Å². The first kappa shape index (κ1) is 26.9. The molecule has 0 unspecified atom stereocenters. The predicted molar refractivity (Wildman–Crippen MR) is 159 cm³/mol. The van der Waals surface area contributed by atoms with Gasteiger partial charge in [0.1, 0.15) is 0 Å². The highest BCUT2D eigenvalue weighted by molar-refractivity contribution is 6.38. The zero-order valence-electron chi connectivity index (χ0n) is 22.0. The molecule has 4 N–H and O–H groups in total. The summed E-state index contributed by atoms with van der Waals surface area (Å²) in [5.74, 6) is -0.141. The number of hydrogen-bond donors (Lipinski definition) is 3. The fourth-order valence-corrected chi connectivity index (χ4v) is 5.16. The van der Waals surface area contributed by atoms with Crippen LogP contribution in [0.3, 0.4) is 0 Å². The second-order valence-corrected chi connectivity index (χ2v) is 10.2. The Hall–Kier alpha value is -3.69. The van der Waals surface area contributed by atoms with E-state index < -0.39 is 0 Å². The van der Waals surface area contributed by atoms with E-state index in [2.05, 4.69) is 20.4 Å². The van der Waals surface area contributed by atoms with Crippen molar-refractivity contribution in [1.82, 2.24) is 9.80 Å². The van der Waals surface area contributed by atoms with Crippen LogP contribution in [-0.2, 0) is 9.59 Å². The fourth-order valence-electron chi connectivity index (χ4n) is 4.98. The third-order valence-electron chi connectivity index (χ3n) is 7.21. The van der Waals surface area contributed by atoms with Gasteiger partial charge in [0.05, 0.1) is 23.5 Å². The van der Waals surface area contributed by atoms with Crippen LogP contribution in [0.4, 0.5) is 17.1 Å². The number of piperazine rings is 1. The van der Waals surface area contributed by atoms with E-state index in [-0.39, 0.29) is 11.8 Å². The minimum atomic E-state index is -0.190. The first-order valence-corrected chi connectivity index (χ1v) is 13.5. The normalized spacial score (nSPS) is 16.9. The lowest BCUT2D eigenvalue weighted by Crippen LogP contribution is -2.50. The monoisotopic (exact) mass is 544 g/mol. The van der Waals surface area contributed by atoms with Crippen LogP contribution in [0.5, 0.6) is 0 Å². The van der Waals surface area contributed by atoms with E-state index in [1.807, 2.05) is 60.7 Å². The van der Waals surface area contributed by atoms with Crippen molar-refractivity contribution in [1.29, 1.82) is 0 Å². The van der Waals surface area contributed by atoms with E-state index in [1.54, 1.807) is 24.1 Å². The molecule has 8 nitrogen and oxygen atoms in total. The first-order chi connectivity index (χ1) is 18.9. The van der Waals surface area contributed by atoms with Crippen LogP contribution >= 0.6 is 11.6 Å². The predicted octanol–water partition coefficient (Wildman–Crippen LogP) is 3.81. The van der Waals surface area contributed by atoms with Crippen molar-refractivity contribution in [2.75, 3.05) is 68.4 Å². The van der Waals surface area contributed by atoms with Crippen LogP contribution in [0.25, 0.3) is 11.3 Å². The molecule has 0 saturated carbocycles. The van der Waals surface area contributed by atoms with Crippen molar-refractivity contribution >= 4 is 51.7 Å². The van der Waals surface area contributed by atoms with Crippen molar-refractivity contribution in [3.05, 3.63) is 88.9 Å². The summed E-state index contributed by atoms with van der Waals surface area (Å²) >= 11 is 6.16. The molecular formula is C30H33ClN6O2. The van der Waals surface area contributed by atoms with E-state index in [9.17, 15) is 9.59 Å². The minimum absolute atomic E-state index is 0.0490. The minimum Gasteiger partial charge on any atom is -0.354 e. The van der Waals surface area contributed by atoms with Gasteiger partial charge >= 0.3 is 0 Å². The molecule has 202 valence electrons. The van der Waals surface area contributed by atoms with Gasteiger partial charge in [-0.15, -0.1) is 0 Å². The molecule has 5 rings (SSSR count). The molecule has 0 aliphatic carbocycles. The summed E-state index contributed by atoms with van der Waals surface area (Å²) < 4.78 is 0. The van der Waals surface area contributed by atoms with Crippen LogP contribution < -0.4 is 21.3 Å². The Morgan fingerprint density at radius 2 is 1.69 bits per heavy atom. The van der Waals surface area contributed by atoms with Gasteiger partial charge in [-0.05, 0) is 42.0 Å². The maximum atomic E-state index is 13.1. The molecule has 39 heavy (non-hydrogen) atoms. The number of benzene rings is 3. The van der Waals surface area contributed by atoms with Crippen molar-refractivity contribution in [2.45, 2.75) is 0 Å². The largest absolute Gasteiger partial charge is 0.354 e. The Morgan fingerprint density at radius 3 is 2.38 bits per heavy atom. The second-order valence-electron chi connectivity index (χ2n) is 9.79. The fraction of sp³-hybridized carbons (Fsp3) is 0.267. The highest BCUT2D eigenvalue weighted by Crippen LogP contribution is 2.38. The lowest BCUT2D eigenvalue weighted by Gasteiger charge is -2.34. The molecule has 0 atom stereocenters. The van der Waals surface area contributed by atoms with E-state index in [4.69, 9.17) is 17.3 Å². The SMILES string of the molecule is CN(C(=O)CN1CCN(CCN)CC1)c1ccc(NC(=C2C(=O)Nc3cc(Cl)ccc32)c2ccccc2)cc1. The van der Waals surface area contributed by atoms with Gasteiger partial charge in [-0.2, -0.15) is 0 Å². The number of fused-ring (bicyclic) bond motifs is 1. The molecule has 0 spiro atoms. The van der Waals surface area contributed by atoms with Gasteiger partial charge in [-0.25, -0.2) is 0 Å². The Balaban J connectivity index is 1.33. The number of amides is 2. The Labute approximate surface area is 234 Å². The van der Waals surface area contributed by atoms with E-state index in [0.717, 1.165) is 55.2 Å². The number of carbonyl (C=O) groups excluding carboxylic acids is 2. The number of nitrogens with two attached hydrogens (primary N) is 1. The Kier molecular flexibility index (Phi) is 8.28. The molecule has 0 radical (unpaired) electrons. The van der Waals surface area contributed by atoms with Crippen molar-refractivity contribution in [2.24, 2.45) is 5.73 Å². The zero-order chi connectivity index (χ0) is 27.4. The van der Waals surface area contributed by atoms with Crippen LogP contribution in [0.15, 0.2) is 72.8 Å². The van der Waals surface area contributed by atoms with Gasteiger partial charge in [0.2, 0.25) is 5.91 Å². The summed E-state index contributed by atoms with van der Waals surface area (Å²) in [5, 5.41) is 6.95. The number of nitrogens with zero attached hydrogens (tertiary/aromatic N) is 3. The standard InChI is InChI=1S/C30H33ClN6O2/c1-35(27(38)20-37-17-15-36(14-13-32)16-18-37)24-10-8-23(9-11-24)33-29(21-5-3-2-4-6-21)28-25-12-7-22(31)19-26(25)34-30(28)39/h2-12,19,33H,13-18,20,32H2,1H3,(H,34,39). The first-order valence-electron chi connectivity index (χ1n) is 13.1. The average molecular weight is 545 g/mol. The number of halogens is 1. The number of hydrogen-bond acceptors (Lipinski definition) is 6. The second kappa shape index (κ2) is 12.0. The number of carbonyl (C=O) groups is 2. The van der Waals surface area contributed by atoms with E-state index in [1.165, 1.54) is 0 Å². The molecule has 9 heteroatoms. The molecule has 0 aromatic heterocycles. The molecule has 2 aliphatic rings. The average Bonchev–Trinajstić information content (AvgIpc) is 3.27. The zero-order valence-corrected chi connectivity index (χ0v) is 22.7. The van der Waals surface area contributed by atoms with Gasteiger partial charge in [0, 0.05) is 68.3 Å². The van der Waals surface area contributed by atoms with Gasteiger partial charge in [-0.1, -0.05) is 48.0 Å². The molecule has 2 heterocycles. The van der Waals surface area contributed by atoms with Gasteiger partial charge in [0.15, 0.2) is 0 Å². The number of rotatable bonds is 8. The van der Waals surface area contributed by atoms with E-state index >= 15 is 0 Å². The molecule has 2 aliphatic heterocycles. The number of likely N-dealkylation sites (N-methyl/N-ethyl adjacent to an activating group) is 1. The summed E-state index contributed by atoms with van der Waals surface area (Å²) in [6.07, 6.45) is 0. The van der Waals surface area contributed by atoms with Crippen molar-refractivity contribution in [3.63, 3.8) is 0 Å². The van der Waals surface area contributed by atoms with E-state index in [0.29, 0.717) is 35.1 Å². The lowest BCUT2D eigenvalue weighted by atomic mass is 10.00. The summed E-state index contributed by atoms with van der Waals surface area (Å²) in [5.41, 5.74) is 10.9. The summed E-state index contributed by atoms with van der Waals surface area (Å²) in [6, 6.07) is 22.8. The molecular weight excluding hydrogens is 512 g/mol. The summed E-state index contributed by atoms with van der Waals surface area (Å²) in [4.78, 5) is 32.3. The lowest BCUT2D eigenvalue weighted by molar-refractivity contribution is -0.119. The highest BCUT2D eigenvalue weighted by atomic mass is 35.5. The third kappa shape index (κ3) is 6.15. The number of nitrogens with one attached hydrogen (secondary N) is 2. The van der Waals surface area contributed by atoms with Gasteiger partial charge < -0.3 is 21.3 Å². The highest BCUT2D eigenvalue weighted by Gasteiger charge is 2.28. The Bertz CT molecular complexity index is 1370.